The van der Waals surface area contributed by atoms with E-state index >= 15 is 0 Å². The largest absolute Gasteiger partial charge is 0.414 e. The van der Waals surface area contributed by atoms with Gasteiger partial charge in [-0.2, -0.15) is 0 Å². The first-order chi connectivity index (χ1) is 13.5. The van der Waals surface area contributed by atoms with Crippen molar-refractivity contribution in [3.8, 4) is 0 Å². The average molecular weight is 437 g/mol. The van der Waals surface area contributed by atoms with Gasteiger partial charge in [0.25, 0.3) is 0 Å². The zero-order valence-corrected chi connectivity index (χ0v) is 20.9. The van der Waals surface area contributed by atoms with Crippen LogP contribution in [0.1, 0.15) is 47.5 Å². The van der Waals surface area contributed by atoms with Gasteiger partial charge in [0.05, 0.1) is 24.9 Å². The molecule has 0 radical (unpaired) electrons. The fourth-order valence-corrected chi connectivity index (χ4v) is 4.61. The molecule has 29 heavy (non-hydrogen) atoms. The lowest BCUT2D eigenvalue weighted by Gasteiger charge is -2.41. The van der Waals surface area contributed by atoms with Crippen LogP contribution in [0.15, 0.2) is 0 Å². The predicted molar refractivity (Wildman–Crippen MR) is 115 cm³/mol. The Hall–Kier alpha value is -0.0631. The predicted octanol–water partition coefficient (Wildman–Crippen LogP) is 3.55. The summed E-state index contributed by atoms with van der Waals surface area (Å²) in [4.78, 5) is 0. The van der Waals surface area contributed by atoms with E-state index in [1.54, 1.807) is 14.2 Å². The second-order valence-corrected chi connectivity index (χ2v) is 14.4. The van der Waals surface area contributed by atoms with Gasteiger partial charge in [-0.1, -0.05) is 27.7 Å². The number of aliphatic hydroxyl groups is 1. The maximum Gasteiger partial charge on any atom is 0.192 e. The Morgan fingerprint density at radius 2 is 1.59 bits per heavy atom. The second-order valence-electron chi connectivity index (χ2n) is 9.65. The molecule has 1 N–H and O–H groups in total. The molecular formula is C21H44O7Si. The van der Waals surface area contributed by atoms with Crippen LogP contribution in [-0.2, 0) is 28.1 Å². The van der Waals surface area contributed by atoms with Crippen LogP contribution >= 0.6 is 0 Å². The molecule has 6 atom stereocenters. The fraction of sp³-hybridized carbons (Fsp3) is 1.00. The van der Waals surface area contributed by atoms with Gasteiger partial charge in [-0.25, -0.2) is 0 Å². The van der Waals surface area contributed by atoms with Gasteiger partial charge in [-0.05, 0) is 37.9 Å². The third-order valence-corrected chi connectivity index (χ3v) is 10.7. The molecule has 7 nitrogen and oxygen atoms in total. The Balaban J connectivity index is 2.91. The van der Waals surface area contributed by atoms with Gasteiger partial charge in [-0.15, -0.1) is 0 Å². The van der Waals surface area contributed by atoms with Gasteiger partial charge < -0.3 is 33.2 Å². The van der Waals surface area contributed by atoms with Gasteiger partial charge in [0, 0.05) is 26.2 Å². The summed E-state index contributed by atoms with van der Waals surface area (Å²) in [5.41, 5.74) is 0. The Bertz CT molecular complexity index is 455. The maximum atomic E-state index is 9.37. The molecule has 8 heteroatoms. The molecule has 1 saturated heterocycles. The van der Waals surface area contributed by atoms with Crippen LogP contribution in [0.25, 0.3) is 0 Å². The third kappa shape index (κ3) is 8.91. The van der Waals surface area contributed by atoms with Gasteiger partial charge in [0.1, 0.15) is 19.7 Å². The van der Waals surface area contributed by atoms with E-state index in [9.17, 15) is 5.11 Å². The summed E-state index contributed by atoms with van der Waals surface area (Å²) >= 11 is 0. The first-order valence-electron chi connectivity index (χ1n) is 10.6. The summed E-state index contributed by atoms with van der Waals surface area (Å²) in [6, 6.07) is 0. The van der Waals surface area contributed by atoms with Gasteiger partial charge in [0.15, 0.2) is 8.32 Å². The molecule has 1 aliphatic rings. The lowest BCUT2D eigenvalue weighted by Crippen LogP contribution is -2.46. The SMILES string of the molecule is COCO[C@H](C)C[C@@H](C[C@H](OCOC)[C@H](C)[C@@H]1O[C@H]1CO)O[Si](C)(C)C(C)(C)C. The van der Waals surface area contributed by atoms with Crippen LogP contribution < -0.4 is 0 Å². The van der Waals surface area contributed by atoms with E-state index < -0.39 is 8.32 Å². The van der Waals surface area contributed by atoms with Crippen LogP contribution in [-0.4, -0.2) is 78.4 Å². The first kappa shape index (κ1) is 27.0. The topological polar surface area (TPSA) is 78.9 Å². The summed E-state index contributed by atoms with van der Waals surface area (Å²) in [6.07, 6.45) is 1.28. The molecule has 0 aliphatic carbocycles. The summed E-state index contributed by atoms with van der Waals surface area (Å²) in [5, 5.41) is 9.48. The lowest BCUT2D eigenvalue weighted by molar-refractivity contribution is -0.111. The van der Waals surface area contributed by atoms with Crippen molar-refractivity contribution in [3.63, 3.8) is 0 Å². The monoisotopic (exact) mass is 436 g/mol. The summed E-state index contributed by atoms with van der Waals surface area (Å²) in [5.74, 6) is 0.128. The third-order valence-electron chi connectivity index (χ3n) is 6.13. The number of rotatable bonds is 15. The zero-order valence-electron chi connectivity index (χ0n) is 19.9. The molecule has 174 valence electrons. The highest BCUT2D eigenvalue weighted by Gasteiger charge is 2.47. The minimum Gasteiger partial charge on any atom is -0.414 e. The van der Waals surface area contributed by atoms with Crippen molar-refractivity contribution in [2.75, 3.05) is 34.4 Å². The Morgan fingerprint density at radius 1 is 1.00 bits per heavy atom. The fourth-order valence-electron chi connectivity index (χ4n) is 3.23. The van der Waals surface area contributed by atoms with Gasteiger partial charge in [0.2, 0.25) is 0 Å². The molecule has 1 aliphatic heterocycles. The molecule has 0 aromatic carbocycles. The molecule has 0 unspecified atom stereocenters. The Morgan fingerprint density at radius 3 is 2.07 bits per heavy atom. The normalized spacial score (nSPS) is 24.2. The lowest BCUT2D eigenvalue weighted by atomic mass is 9.93. The summed E-state index contributed by atoms with van der Waals surface area (Å²) in [6.45, 7) is 15.9. The van der Waals surface area contributed by atoms with Crippen LogP contribution in [0.5, 0.6) is 0 Å². The van der Waals surface area contributed by atoms with Gasteiger partial charge >= 0.3 is 0 Å². The molecular weight excluding hydrogens is 392 g/mol. The number of hydrogen-bond acceptors (Lipinski definition) is 7. The van der Waals surface area contributed by atoms with Crippen molar-refractivity contribution < 1.29 is 33.2 Å². The van der Waals surface area contributed by atoms with E-state index in [0.717, 1.165) is 12.8 Å². The smallest absolute Gasteiger partial charge is 0.192 e. The molecule has 0 spiro atoms. The van der Waals surface area contributed by atoms with E-state index in [1.807, 2.05) is 6.92 Å². The molecule has 0 aromatic rings. The standard InChI is InChI=1S/C21H44O7Si/c1-15(25-13-23-6)10-17(28-29(8,9)21(3,4)5)11-18(26-14-24-7)16(2)20-19(12-22)27-20/h15-20,22H,10-14H2,1-9H3/t15-,16+,17+,18+,19+,20+/m1/s1. The Labute approximate surface area is 178 Å². The summed E-state index contributed by atoms with van der Waals surface area (Å²) < 4.78 is 34.4. The molecule has 0 amide bonds. The average Bonchev–Trinajstić information content (AvgIpc) is 3.41. The zero-order chi connectivity index (χ0) is 22.2. The molecule has 0 aromatic heterocycles. The molecule has 1 heterocycles. The van der Waals surface area contributed by atoms with E-state index in [2.05, 4.69) is 40.8 Å². The van der Waals surface area contributed by atoms with Crippen molar-refractivity contribution in [1.82, 2.24) is 0 Å². The van der Waals surface area contributed by atoms with Crippen molar-refractivity contribution in [3.05, 3.63) is 0 Å². The van der Waals surface area contributed by atoms with E-state index in [-0.39, 0.29) is 61.7 Å². The second kappa shape index (κ2) is 12.1. The quantitative estimate of drug-likeness (QED) is 0.239. The van der Waals surface area contributed by atoms with Crippen LogP contribution in [0, 0.1) is 5.92 Å². The Kier molecular flexibility index (Phi) is 11.2. The number of aliphatic hydroxyl groups excluding tert-OH is 1. The van der Waals surface area contributed by atoms with Gasteiger partial charge in [-0.3, -0.25) is 0 Å². The van der Waals surface area contributed by atoms with Crippen molar-refractivity contribution in [2.45, 2.75) is 96.1 Å². The molecule has 0 bridgehead atoms. The van der Waals surface area contributed by atoms with Crippen molar-refractivity contribution in [1.29, 1.82) is 0 Å². The van der Waals surface area contributed by atoms with Crippen LogP contribution in [0.3, 0.4) is 0 Å². The highest BCUT2D eigenvalue weighted by atomic mass is 28.4. The highest BCUT2D eigenvalue weighted by molar-refractivity contribution is 6.74. The first-order valence-corrected chi connectivity index (χ1v) is 13.5. The van der Waals surface area contributed by atoms with E-state index in [4.69, 9.17) is 28.1 Å². The minimum atomic E-state index is -1.98. The van der Waals surface area contributed by atoms with Crippen LogP contribution in [0.2, 0.25) is 18.1 Å². The highest BCUT2D eigenvalue weighted by Crippen LogP contribution is 2.39. The van der Waals surface area contributed by atoms with Crippen LogP contribution in [0.4, 0.5) is 0 Å². The summed E-state index contributed by atoms with van der Waals surface area (Å²) in [7, 11) is 1.27. The minimum absolute atomic E-state index is 0.00506. The maximum absolute atomic E-state index is 9.37. The number of methoxy groups -OCH3 is 2. The number of hydrogen-bond donors (Lipinski definition) is 1. The number of epoxide rings is 1. The molecule has 0 saturated carbocycles. The van der Waals surface area contributed by atoms with E-state index in [0.29, 0.717) is 0 Å². The molecule has 1 rings (SSSR count). The van der Waals surface area contributed by atoms with Crippen molar-refractivity contribution >= 4 is 8.32 Å². The van der Waals surface area contributed by atoms with Crippen molar-refractivity contribution in [2.24, 2.45) is 5.92 Å². The number of ether oxygens (including phenoxy) is 5. The van der Waals surface area contributed by atoms with E-state index in [1.165, 1.54) is 0 Å². The molecule has 1 fully saturated rings.